The highest BCUT2D eigenvalue weighted by Gasteiger charge is 2.35. The molecule has 17 heavy (non-hydrogen) atoms. The highest BCUT2D eigenvalue weighted by atomic mass is 16.5. The second kappa shape index (κ2) is 7.38. The summed E-state index contributed by atoms with van der Waals surface area (Å²) in [6.45, 7) is 10.8. The third-order valence-corrected chi connectivity index (χ3v) is 4.35. The van der Waals surface area contributed by atoms with Gasteiger partial charge >= 0.3 is 0 Å². The molecule has 1 N–H and O–H groups in total. The molecule has 1 saturated carbocycles. The molecular formula is C15H31NO. The third-order valence-electron chi connectivity index (χ3n) is 4.35. The van der Waals surface area contributed by atoms with Gasteiger partial charge in [0.05, 0.1) is 5.60 Å². The van der Waals surface area contributed by atoms with Crippen LogP contribution >= 0.6 is 0 Å². The van der Waals surface area contributed by atoms with E-state index in [2.05, 4.69) is 33.0 Å². The highest BCUT2D eigenvalue weighted by Crippen LogP contribution is 2.34. The second-order valence-corrected chi connectivity index (χ2v) is 5.64. The van der Waals surface area contributed by atoms with Crippen LogP contribution in [0.3, 0.4) is 0 Å². The predicted octanol–water partition coefficient (Wildman–Crippen LogP) is 3.75. The topological polar surface area (TPSA) is 21.3 Å². The Morgan fingerprint density at radius 1 is 1.29 bits per heavy atom. The van der Waals surface area contributed by atoms with Gasteiger partial charge < -0.3 is 10.1 Å². The average Bonchev–Trinajstić information content (AvgIpc) is 2.27. The van der Waals surface area contributed by atoms with Crippen LogP contribution in [0.4, 0.5) is 0 Å². The maximum absolute atomic E-state index is 6.04. The third kappa shape index (κ3) is 4.26. The average molecular weight is 241 g/mol. The molecule has 0 saturated heterocycles. The Bertz CT molecular complexity index is 203. The van der Waals surface area contributed by atoms with Crippen molar-refractivity contribution < 1.29 is 4.74 Å². The summed E-state index contributed by atoms with van der Waals surface area (Å²) in [6, 6.07) is 0.526. The molecular weight excluding hydrogens is 210 g/mol. The Labute approximate surface area is 108 Å². The lowest BCUT2D eigenvalue weighted by molar-refractivity contribution is -0.0625. The molecule has 0 heterocycles. The molecule has 0 amide bonds. The molecule has 0 radical (unpaired) electrons. The minimum Gasteiger partial charge on any atom is -0.374 e. The van der Waals surface area contributed by atoms with Gasteiger partial charge in [-0.3, -0.25) is 0 Å². The van der Waals surface area contributed by atoms with Crippen LogP contribution in [0.2, 0.25) is 0 Å². The zero-order valence-corrected chi connectivity index (χ0v) is 12.2. The molecule has 102 valence electrons. The second-order valence-electron chi connectivity index (χ2n) is 5.64. The largest absolute Gasteiger partial charge is 0.374 e. The molecule has 0 aromatic carbocycles. The standard InChI is InChI=1S/C15H31NO/c1-5-11-16-14(12-13-9-8-10-13)15(4,6-2)17-7-3/h13-14,16H,5-12H2,1-4H3. The van der Waals surface area contributed by atoms with Crippen LogP contribution in [0.15, 0.2) is 0 Å². The molecule has 2 unspecified atom stereocenters. The zero-order valence-electron chi connectivity index (χ0n) is 12.2. The lowest BCUT2D eigenvalue weighted by atomic mass is 9.76. The van der Waals surface area contributed by atoms with Crippen LogP contribution in [0.5, 0.6) is 0 Å². The van der Waals surface area contributed by atoms with Gasteiger partial charge in [-0.2, -0.15) is 0 Å². The van der Waals surface area contributed by atoms with E-state index in [0.717, 1.165) is 25.5 Å². The van der Waals surface area contributed by atoms with E-state index in [-0.39, 0.29) is 5.60 Å². The summed E-state index contributed by atoms with van der Waals surface area (Å²) < 4.78 is 6.04. The molecule has 0 aromatic rings. The normalized spacial score (nSPS) is 21.9. The first-order valence-corrected chi connectivity index (χ1v) is 7.53. The van der Waals surface area contributed by atoms with Crippen molar-refractivity contribution in [1.82, 2.24) is 5.32 Å². The van der Waals surface area contributed by atoms with Gasteiger partial charge in [-0.05, 0) is 45.6 Å². The lowest BCUT2D eigenvalue weighted by Gasteiger charge is -2.41. The fraction of sp³-hybridized carbons (Fsp3) is 1.00. The molecule has 0 aromatic heterocycles. The van der Waals surface area contributed by atoms with Gasteiger partial charge in [0, 0.05) is 12.6 Å². The van der Waals surface area contributed by atoms with E-state index in [4.69, 9.17) is 4.74 Å². The van der Waals surface area contributed by atoms with E-state index in [1.54, 1.807) is 0 Å². The molecule has 2 heteroatoms. The molecule has 2 nitrogen and oxygen atoms in total. The Hall–Kier alpha value is -0.0800. The summed E-state index contributed by atoms with van der Waals surface area (Å²) in [6.07, 6.45) is 7.88. The Morgan fingerprint density at radius 3 is 2.41 bits per heavy atom. The summed E-state index contributed by atoms with van der Waals surface area (Å²) in [4.78, 5) is 0. The first-order valence-electron chi connectivity index (χ1n) is 7.53. The molecule has 0 spiro atoms. The molecule has 0 aliphatic heterocycles. The number of hydrogen-bond donors (Lipinski definition) is 1. The number of hydrogen-bond acceptors (Lipinski definition) is 2. The Balaban J connectivity index is 2.56. The van der Waals surface area contributed by atoms with Crippen molar-refractivity contribution in [3.05, 3.63) is 0 Å². The maximum Gasteiger partial charge on any atom is 0.0804 e. The first-order chi connectivity index (χ1) is 8.16. The van der Waals surface area contributed by atoms with Crippen molar-refractivity contribution in [2.45, 2.75) is 77.9 Å². The van der Waals surface area contributed by atoms with Crippen molar-refractivity contribution in [2.24, 2.45) is 5.92 Å². The van der Waals surface area contributed by atoms with Crippen molar-refractivity contribution in [3.8, 4) is 0 Å². The maximum atomic E-state index is 6.04. The van der Waals surface area contributed by atoms with Crippen LogP contribution < -0.4 is 5.32 Å². The van der Waals surface area contributed by atoms with Gasteiger partial charge in [-0.1, -0.05) is 33.1 Å². The molecule has 1 rings (SSSR count). The minimum atomic E-state index is 0.0134. The van der Waals surface area contributed by atoms with E-state index in [1.165, 1.54) is 32.1 Å². The van der Waals surface area contributed by atoms with Gasteiger partial charge in [0.15, 0.2) is 0 Å². The fourth-order valence-corrected chi connectivity index (χ4v) is 2.71. The van der Waals surface area contributed by atoms with Crippen LogP contribution in [0, 0.1) is 5.92 Å². The monoisotopic (exact) mass is 241 g/mol. The molecule has 0 bridgehead atoms. The highest BCUT2D eigenvalue weighted by molar-refractivity contribution is 4.91. The number of rotatable bonds is 9. The van der Waals surface area contributed by atoms with Crippen molar-refractivity contribution in [2.75, 3.05) is 13.2 Å². The summed E-state index contributed by atoms with van der Waals surface area (Å²) in [7, 11) is 0. The molecule has 1 aliphatic rings. The smallest absolute Gasteiger partial charge is 0.0804 e. The summed E-state index contributed by atoms with van der Waals surface area (Å²) in [5.41, 5.74) is 0.0134. The van der Waals surface area contributed by atoms with E-state index in [1.807, 2.05) is 0 Å². The van der Waals surface area contributed by atoms with Crippen LogP contribution in [0.1, 0.15) is 66.2 Å². The summed E-state index contributed by atoms with van der Waals surface area (Å²) in [5, 5.41) is 3.72. The lowest BCUT2D eigenvalue weighted by Crippen LogP contribution is -2.51. The van der Waals surface area contributed by atoms with Crippen LogP contribution in [-0.2, 0) is 4.74 Å². The minimum absolute atomic E-state index is 0.0134. The molecule has 1 fully saturated rings. The van der Waals surface area contributed by atoms with E-state index >= 15 is 0 Å². The molecule has 1 aliphatic carbocycles. The fourth-order valence-electron chi connectivity index (χ4n) is 2.71. The van der Waals surface area contributed by atoms with E-state index in [9.17, 15) is 0 Å². The molecule has 2 atom stereocenters. The van der Waals surface area contributed by atoms with Crippen molar-refractivity contribution in [1.29, 1.82) is 0 Å². The van der Waals surface area contributed by atoms with E-state index < -0.39 is 0 Å². The van der Waals surface area contributed by atoms with Gasteiger partial charge in [-0.15, -0.1) is 0 Å². The Kier molecular flexibility index (Phi) is 6.50. The van der Waals surface area contributed by atoms with Gasteiger partial charge in [0.25, 0.3) is 0 Å². The predicted molar refractivity (Wildman–Crippen MR) is 74.4 cm³/mol. The quantitative estimate of drug-likeness (QED) is 0.664. The van der Waals surface area contributed by atoms with Crippen LogP contribution in [0.25, 0.3) is 0 Å². The summed E-state index contributed by atoms with van der Waals surface area (Å²) >= 11 is 0. The van der Waals surface area contributed by atoms with Gasteiger partial charge in [-0.25, -0.2) is 0 Å². The number of nitrogens with one attached hydrogen (secondary N) is 1. The van der Waals surface area contributed by atoms with Gasteiger partial charge in [0.2, 0.25) is 0 Å². The SMILES string of the molecule is CCCNC(CC1CCC1)C(C)(CC)OCC. The summed E-state index contributed by atoms with van der Waals surface area (Å²) in [5.74, 6) is 0.940. The van der Waals surface area contributed by atoms with Gasteiger partial charge in [0.1, 0.15) is 0 Å². The zero-order chi connectivity index (χ0) is 12.7. The Morgan fingerprint density at radius 2 is 2.00 bits per heavy atom. The van der Waals surface area contributed by atoms with Crippen molar-refractivity contribution >= 4 is 0 Å². The van der Waals surface area contributed by atoms with E-state index in [0.29, 0.717) is 6.04 Å². The van der Waals surface area contributed by atoms with Crippen LogP contribution in [-0.4, -0.2) is 24.8 Å². The van der Waals surface area contributed by atoms with Crippen molar-refractivity contribution in [3.63, 3.8) is 0 Å². The first kappa shape index (κ1) is 15.0. The number of ether oxygens (including phenoxy) is 1.